The third-order valence-electron chi connectivity index (χ3n) is 6.00. The Balaban J connectivity index is 1.56. The first kappa shape index (κ1) is 21.3. The number of hydrogen-bond acceptors (Lipinski definition) is 4. The third-order valence-corrected chi connectivity index (χ3v) is 6.25. The average molecular weight is 436 g/mol. The minimum Gasteiger partial charge on any atom is -0.478 e. The zero-order chi connectivity index (χ0) is 21.8. The Labute approximate surface area is 187 Å². The lowest BCUT2D eigenvalue weighted by molar-refractivity contribution is 0.0694. The Morgan fingerprint density at radius 2 is 1.94 bits per heavy atom. The molecule has 1 saturated heterocycles. The Kier molecular flexibility index (Phi) is 6.52. The monoisotopic (exact) mass is 435 g/mol. The number of aromatic nitrogens is 2. The highest BCUT2D eigenvalue weighted by atomic mass is 35.5. The molecule has 1 aromatic heterocycles. The standard InChI is InChI=1S/C25H26ClN3O2/c1-17-5-2-3-6-19(17)10-13-23-22(24(30)31)16-27-25(28-23)29-14-4-7-21(29)15-18-8-11-20(26)12-9-18/h2-3,5-6,8-9,11-12,16,21H,4,7,10,13-15H2,1H3,(H,30,31). The number of carbonyl (C=O) groups is 1. The van der Waals surface area contributed by atoms with Crippen molar-refractivity contribution in [3.8, 4) is 0 Å². The van der Waals surface area contributed by atoms with E-state index < -0.39 is 5.97 Å². The van der Waals surface area contributed by atoms with Crippen LogP contribution in [-0.4, -0.2) is 33.6 Å². The van der Waals surface area contributed by atoms with E-state index in [0.29, 0.717) is 24.1 Å². The van der Waals surface area contributed by atoms with Gasteiger partial charge in [-0.2, -0.15) is 0 Å². The van der Waals surface area contributed by atoms with Crippen LogP contribution in [0.2, 0.25) is 5.02 Å². The molecule has 2 heterocycles. The highest BCUT2D eigenvalue weighted by Crippen LogP contribution is 2.27. The van der Waals surface area contributed by atoms with Crippen LogP contribution in [0.5, 0.6) is 0 Å². The smallest absolute Gasteiger partial charge is 0.339 e. The van der Waals surface area contributed by atoms with Crippen LogP contribution in [0.1, 0.15) is 45.6 Å². The van der Waals surface area contributed by atoms with Crippen molar-refractivity contribution in [2.24, 2.45) is 0 Å². The number of carboxylic acids is 1. The normalized spacial score (nSPS) is 15.9. The summed E-state index contributed by atoms with van der Waals surface area (Å²) in [6, 6.07) is 16.4. The topological polar surface area (TPSA) is 66.3 Å². The maximum absolute atomic E-state index is 11.8. The van der Waals surface area contributed by atoms with Crippen molar-refractivity contribution in [1.29, 1.82) is 0 Å². The molecule has 1 aliphatic heterocycles. The van der Waals surface area contributed by atoms with Crippen LogP contribution in [0.25, 0.3) is 0 Å². The van der Waals surface area contributed by atoms with Gasteiger partial charge in [0.25, 0.3) is 0 Å². The summed E-state index contributed by atoms with van der Waals surface area (Å²) in [6.45, 7) is 2.95. The van der Waals surface area contributed by atoms with Gasteiger partial charge in [-0.3, -0.25) is 0 Å². The van der Waals surface area contributed by atoms with Gasteiger partial charge in [0.2, 0.25) is 5.95 Å². The van der Waals surface area contributed by atoms with Gasteiger partial charge in [0.1, 0.15) is 0 Å². The number of hydrogen-bond donors (Lipinski definition) is 1. The maximum Gasteiger partial charge on any atom is 0.339 e. The van der Waals surface area contributed by atoms with Crippen LogP contribution in [0.15, 0.2) is 54.7 Å². The van der Waals surface area contributed by atoms with Crippen molar-refractivity contribution in [2.75, 3.05) is 11.4 Å². The lowest BCUT2D eigenvalue weighted by Gasteiger charge is -2.25. The van der Waals surface area contributed by atoms with E-state index in [1.54, 1.807) is 0 Å². The fourth-order valence-corrected chi connectivity index (χ4v) is 4.39. The predicted octanol–water partition coefficient (Wildman–Crippen LogP) is 5.13. The van der Waals surface area contributed by atoms with Gasteiger partial charge in [-0.1, -0.05) is 48.0 Å². The second-order valence-electron chi connectivity index (χ2n) is 8.08. The Morgan fingerprint density at radius 1 is 1.16 bits per heavy atom. The van der Waals surface area contributed by atoms with E-state index in [2.05, 4.69) is 41.1 Å². The largest absolute Gasteiger partial charge is 0.478 e. The van der Waals surface area contributed by atoms with Gasteiger partial charge in [0.05, 0.1) is 11.3 Å². The number of nitrogens with zero attached hydrogens (tertiary/aromatic N) is 3. The fraction of sp³-hybridized carbons (Fsp3) is 0.320. The predicted molar refractivity (Wildman–Crippen MR) is 123 cm³/mol. The van der Waals surface area contributed by atoms with Gasteiger partial charge in [-0.25, -0.2) is 14.8 Å². The molecule has 1 fully saturated rings. The molecule has 6 heteroatoms. The average Bonchev–Trinajstić information content (AvgIpc) is 3.22. The van der Waals surface area contributed by atoms with E-state index in [1.165, 1.54) is 22.9 Å². The van der Waals surface area contributed by atoms with E-state index >= 15 is 0 Å². The molecule has 5 nitrogen and oxygen atoms in total. The molecule has 0 amide bonds. The lowest BCUT2D eigenvalue weighted by Crippen LogP contribution is -2.33. The minimum absolute atomic E-state index is 0.186. The van der Waals surface area contributed by atoms with E-state index in [-0.39, 0.29) is 5.56 Å². The third kappa shape index (κ3) is 5.05. The summed E-state index contributed by atoms with van der Waals surface area (Å²) in [6.07, 6.45) is 5.80. The zero-order valence-corrected chi connectivity index (χ0v) is 18.3. The molecule has 4 rings (SSSR count). The van der Waals surface area contributed by atoms with Crippen molar-refractivity contribution in [2.45, 2.75) is 45.1 Å². The van der Waals surface area contributed by atoms with Crippen molar-refractivity contribution < 1.29 is 9.90 Å². The molecule has 1 atom stereocenters. The van der Waals surface area contributed by atoms with Gasteiger partial charge >= 0.3 is 5.97 Å². The highest BCUT2D eigenvalue weighted by Gasteiger charge is 2.28. The number of benzene rings is 2. The van der Waals surface area contributed by atoms with E-state index in [4.69, 9.17) is 16.6 Å². The molecule has 3 aromatic rings. The second-order valence-corrected chi connectivity index (χ2v) is 8.52. The first-order valence-electron chi connectivity index (χ1n) is 10.7. The lowest BCUT2D eigenvalue weighted by atomic mass is 10.0. The van der Waals surface area contributed by atoms with Crippen molar-refractivity contribution in [3.05, 3.63) is 87.7 Å². The van der Waals surface area contributed by atoms with Crippen molar-refractivity contribution in [1.82, 2.24) is 9.97 Å². The van der Waals surface area contributed by atoms with Crippen LogP contribution in [-0.2, 0) is 19.3 Å². The number of anilines is 1. The number of halogens is 1. The van der Waals surface area contributed by atoms with Gasteiger partial charge < -0.3 is 10.0 Å². The zero-order valence-electron chi connectivity index (χ0n) is 17.6. The highest BCUT2D eigenvalue weighted by molar-refractivity contribution is 6.30. The molecule has 0 spiro atoms. The Morgan fingerprint density at radius 3 is 2.68 bits per heavy atom. The number of aryl methyl sites for hydroxylation is 3. The van der Waals surface area contributed by atoms with E-state index in [9.17, 15) is 9.90 Å². The second kappa shape index (κ2) is 9.48. The van der Waals surface area contributed by atoms with Crippen molar-refractivity contribution >= 4 is 23.5 Å². The first-order chi connectivity index (χ1) is 15.0. The molecule has 1 N–H and O–H groups in total. The molecule has 160 valence electrons. The quantitative estimate of drug-likeness (QED) is 0.557. The molecule has 1 unspecified atom stereocenters. The van der Waals surface area contributed by atoms with Gasteiger partial charge in [-0.15, -0.1) is 0 Å². The summed E-state index contributed by atoms with van der Waals surface area (Å²) in [5.74, 6) is -0.355. The van der Waals surface area contributed by atoms with Crippen LogP contribution in [0, 0.1) is 6.92 Å². The molecule has 31 heavy (non-hydrogen) atoms. The Bertz CT molecular complexity index is 1070. The van der Waals surface area contributed by atoms with Crippen LogP contribution in [0.4, 0.5) is 5.95 Å². The molecule has 1 aliphatic rings. The molecule has 2 aromatic carbocycles. The summed E-state index contributed by atoms with van der Waals surface area (Å²) in [4.78, 5) is 23.2. The summed E-state index contributed by atoms with van der Waals surface area (Å²) < 4.78 is 0. The number of rotatable bonds is 7. The number of aromatic carboxylic acids is 1. The summed E-state index contributed by atoms with van der Waals surface area (Å²) in [5, 5.41) is 10.4. The van der Waals surface area contributed by atoms with Gasteiger partial charge in [0.15, 0.2) is 0 Å². The van der Waals surface area contributed by atoms with E-state index in [1.807, 2.05) is 24.3 Å². The number of carboxylic acid groups (broad SMARTS) is 1. The summed E-state index contributed by atoms with van der Waals surface area (Å²) in [5.41, 5.74) is 4.42. The fourth-order valence-electron chi connectivity index (χ4n) is 4.26. The molecular weight excluding hydrogens is 410 g/mol. The molecular formula is C25H26ClN3O2. The van der Waals surface area contributed by atoms with Gasteiger partial charge in [0, 0.05) is 23.8 Å². The van der Waals surface area contributed by atoms with Crippen LogP contribution < -0.4 is 4.90 Å². The summed E-state index contributed by atoms with van der Waals surface area (Å²) in [7, 11) is 0. The van der Waals surface area contributed by atoms with Crippen molar-refractivity contribution in [3.63, 3.8) is 0 Å². The minimum atomic E-state index is -0.981. The SMILES string of the molecule is Cc1ccccc1CCc1nc(N2CCCC2Cc2ccc(Cl)cc2)ncc1C(=O)O. The molecule has 0 bridgehead atoms. The maximum atomic E-state index is 11.8. The van der Waals surface area contributed by atoms with Gasteiger partial charge in [-0.05, 0) is 67.9 Å². The first-order valence-corrected chi connectivity index (χ1v) is 11.0. The summed E-state index contributed by atoms with van der Waals surface area (Å²) >= 11 is 6.02. The van der Waals surface area contributed by atoms with Crippen LogP contribution in [0.3, 0.4) is 0 Å². The molecule has 0 aliphatic carbocycles. The molecule has 0 radical (unpaired) electrons. The molecule has 0 saturated carbocycles. The Hall–Kier alpha value is -2.92. The van der Waals surface area contributed by atoms with Crippen LogP contribution >= 0.6 is 11.6 Å². The van der Waals surface area contributed by atoms with E-state index in [0.717, 1.165) is 37.3 Å².